The molecule has 5 nitrogen and oxygen atoms in total. The maximum Gasteiger partial charge on any atom is 0.305 e. The fourth-order valence-electron chi connectivity index (χ4n) is 2.79. The van der Waals surface area contributed by atoms with E-state index in [-0.39, 0.29) is 18.4 Å². The standard InChI is InChI=1S/C16H21NO4/c1-2-21-15(12-7-4-3-5-8-12)16(20)17-10-6-9-13(17)11-14(18)19/h3-5,7-8,13,15H,2,6,9-11H2,1H3,(H,18,19). The Hall–Kier alpha value is -1.88. The van der Waals surface area contributed by atoms with Gasteiger partial charge in [0.2, 0.25) is 0 Å². The van der Waals surface area contributed by atoms with Crippen LogP contribution in [0.15, 0.2) is 30.3 Å². The van der Waals surface area contributed by atoms with Crippen molar-refractivity contribution in [3.05, 3.63) is 35.9 Å². The van der Waals surface area contributed by atoms with Gasteiger partial charge in [0.05, 0.1) is 6.42 Å². The largest absolute Gasteiger partial charge is 0.481 e. The molecule has 1 saturated heterocycles. The number of rotatable bonds is 6. The molecule has 5 heteroatoms. The van der Waals surface area contributed by atoms with E-state index < -0.39 is 12.1 Å². The quantitative estimate of drug-likeness (QED) is 0.872. The van der Waals surface area contributed by atoms with E-state index in [1.54, 1.807) is 4.90 Å². The third-order valence-electron chi connectivity index (χ3n) is 3.73. The second-order valence-electron chi connectivity index (χ2n) is 5.17. The van der Waals surface area contributed by atoms with Gasteiger partial charge in [0.15, 0.2) is 6.10 Å². The van der Waals surface area contributed by atoms with Gasteiger partial charge in [-0.25, -0.2) is 0 Å². The molecule has 0 spiro atoms. The van der Waals surface area contributed by atoms with Gasteiger partial charge in [-0.05, 0) is 25.3 Å². The number of benzene rings is 1. The number of hydrogen-bond donors (Lipinski definition) is 1. The van der Waals surface area contributed by atoms with Crippen LogP contribution in [0.25, 0.3) is 0 Å². The Morgan fingerprint density at radius 2 is 2.10 bits per heavy atom. The summed E-state index contributed by atoms with van der Waals surface area (Å²) in [5, 5.41) is 8.96. The molecule has 1 N–H and O–H groups in total. The van der Waals surface area contributed by atoms with E-state index in [2.05, 4.69) is 0 Å². The first-order valence-electron chi connectivity index (χ1n) is 7.32. The molecule has 21 heavy (non-hydrogen) atoms. The number of amides is 1. The lowest BCUT2D eigenvalue weighted by atomic mass is 10.1. The van der Waals surface area contributed by atoms with Gasteiger partial charge in [0.25, 0.3) is 5.91 Å². The van der Waals surface area contributed by atoms with Crippen molar-refractivity contribution in [2.45, 2.75) is 38.3 Å². The summed E-state index contributed by atoms with van der Waals surface area (Å²) in [6.07, 6.45) is 0.938. The van der Waals surface area contributed by atoms with E-state index >= 15 is 0 Å². The summed E-state index contributed by atoms with van der Waals surface area (Å²) in [5.74, 6) is -1.00. The third kappa shape index (κ3) is 3.82. The lowest BCUT2D eigenvalue weighted by Crippen LogP contribution is -2.40. The van der Waals surface area contributed by atoms with Gasteiger partial charge in [-0.15, -0.1) is 0 Å². The van der Waals surface area contributed by atoms with Crippen LogP contribution in [0.5, 0.6) is 0 Å². The van der Waals surface area contributed by atoms with Gasteiger partial charge in [-0.3, -0.25) is 9.59 Å². The zero-order valence-corrected chi connectivity index (χ0v) is 12.2. The molecule has 1 aliphatic heterocycles. The summed E-state index contributed by atoms with van der Waals surface area (Å²) in [6, 6.07) is 9.13. The first-order valence-corrected chi connectivity index (χ1v) is 7.32. The Kier molecular flexibility index (Phi) is 5.33. The molecule has 0 bridgehead atoms. The van der Waals surface area contributed by atoms with Crippen molar-refractivity contribution in [2.75, 3.05) is 13.2 Å². The summed E-state index contributed by atoms with van der Waals surface area (Å²) in [4.78, 5) is 25.3. The molecule has 1 aliphatic rings. The number of carbonyl (C=O) groups excluding carboxylic acids is 1. The Balaban J connectivity index is 2.16. The maximum atomic E-state index is 12.7. The van der Waals surface area contributed by atoms with Crippen LogP contribution in [-0.4, -0.2) is 41.1 Å². The summed E-state index contributed by atoms with van der Waals surface area (Å²) in [5.41, 5.74) is 0.810. The number of carboxylic acid groups (broad SMARTS) is 1. The van der Waals surface area contributed by atoms with Crippen LogP contribution in [0.1, 0.15) is 37.9 Å². The summed E-state index contributed by atoms with van der Waals surface area (Å²) in [7, 11) is 0. The number of ether oxygens (including phenoxy) is 1. The van der Waals surface area contributed by atoms with Gasteiger partial charge >= 0.3 is 5.97 Å². The third-order valence-corrected chi connectivity index (χ3v) is 3.73. The van der Waals surface area contributed by atoms with E-state index in [0.717, 1.165) is 18.4 Å². The maximum absolute atomic E-state index is 12.7. The molecule has 0 aromatic heterocycles. The molecular weight excluding hydrogens is 270 g/mol. The first kappa shape index (κ1) is 15.5. The lowest BCUT2D eigenvalue weighted by Gasteiger charge is -2.28. The highest BCUT2D eigenvalue weighted by Crippen LogP contribution is 2.27. The fourth-order valence-corrected chi connectivity index (χ4v) is 2.79. The molecule has 2 rings (SSSR count). The predicted octanol–water partition coefficient (Wildman–Crippen LogP) is 2.23. The molecule has 0 saturated carbocycles. The van der Waals surface area contributed by atoms with Crippen LogP contribution >= 0.6 is 0 Å². The SMILES string of the molecule is CCOC(C(=O)N1CCCC1CC(=O)O)c1ccccc1. The Morgan fingerprint density at radius 1 is 1.38 bits per heavy atom. The monoisotopic (exact) mass is 291 g/mol. The first-order chi connectivity index (χ1) is 10.1. The number of carbonyl (C=O) groups is 2. The average Bonchev–Trinajstić information content (AvgIpc) is 2.92. The van der Waals surface area contributed by atoms with E-state index in [9.17, 15) is 9.59 Å². The molecule has 114 valence electrons. The van der Waals surface area contributed by atoms with Crippen LogP contribution in [0.2, 0.25) is 0 Å². The van der Waals surface area contributed by atoms with Crippen LogP contribution in [0.3, 0.4) is 0 Å². The van der Waals surface area contributed by atoms with Crippen molar-refractivity contribution in [1.29, 1.82) is 0 Å². The molecule has 2 atom stereocenters. The lowest BCUT2D eigenvalue weighted by molar-refractivity contribution is -0.146. The summed E-state index contributed by atoms with van der Waals surface area (Å²) >= 11 is 0. The Morgan fingerprint density at radius 3 is 2.71 bits per heavy atom. The molecule has 1 aromatic carbocycles. The van der Waals surface area contributed by atoms with E-state index in [1.165, 1.54) is 0 Å². The van der Waals surface area contributed by atoms with E-state index in [0.29, 0.717) is 13.2 Å². The number of nitrogens with zero attached hydrogens (tertiary/aromatic N) is 1. The molecule has 1 fully saturated rings. The van der Waals surface area contributed by atoms with E-state index in [1.807, 2.05) is 37.3 Å². The topological polar surface area (TPSA) is 66.8 Å². The minimum absolute atomic E-state index is 0.000620. The van der Waals surface area contributed by atoms with Crippen molar-refractivity contribution in [3.8, 4) is 0 Å². The van der Waals surface area contributed by atoms with Crippen LogP contribution < -0.4 is 0 Å². The van der Waals surface area contributed by atoms with Crippen LogP contribution in [0, 0.1) is 0 Å². The number of carboxylic acids is 1. The van der Waals surface area contributed by atoms with Gasteiger partial charge in [0.1, 0.15) is 0 Å². The highest BCUT2D eigenvalue weighted by molar-refractivity contribution is 5.83. The zero-order chi connectivity index (χ0) is 15.2. The molecule has 0 aliphatic carbocycles. The van der Waals surface area contributed by atoms with Crippen molar-refractivity contribution in [1.82, 2.24) is 4.90 Å². The molecule has 1 heterocycles. The number of aliphatic carboxylic acids is 1. The van der Waals surface area contributed by atoms with Gasteiger partial charge < -0.3 is 14.7 Å². The number of likely N-dealkylation sites (tertiary alicyclic amines) is 1. The minimum Gasteiger partial charge on any atom is -0.481 e. The van der Waals surface area contributed by atoms with E-state index in [4.69, 9.17) is 9.84 Å². The average molecular weight is 291 g/mol. The van der Waals surface area contributed by atoms with Gasteiger partial charge in [-0.2, -0.15) is 0 Å². The fraction of sp³-hybridized carbons (Fsp3) is 0.500. The normalized spacial score (nSPS) is 19.5. The Labute approximate surface area is 124 Å². The second kappa shape index (κ2) is 7.22. The molecule has 1 amide bonds. The molecule has 0 radical (unpaired) electrons. The van der Waals surface area contributed by atoms with Crippen molar-refractivity contribution in [3.63, 3.8) is 0 Å². The van der Waals surface area contributed by atoms with Crippen LogP contribution in [-0.2, 0) is 14.3 Å². The van der Waals surface area contributed by atoms with Gasteiger partial charge in [-0.1, -0.05) is 30.3 Å². The minimum atomic E-state index is -0.868. The zero-order valence-electron chi connectivity index (χ0n) is 12.2. The van der Waals surface area contributed by atoms with Crippen molar-refractivity contribution < 1.29 is 19.4 Å². The van der Waals surface area contributed by atoms with Crippen molar-refractivity contribution >= 4 is 11.9 Å². The van der Waals surface area contributed by atoms with Gasteiger partial charge in [0, 0.05) is 19.2 Å². The smallest absolute Gasteiger partial charge is 0.305 e. The summed E-state index contributed by atoms with van der Waals surface area (Å²) in [6.45, 7) is 2.89. The second-order valence-corrected chi connectivity index (χ2v) is 5.17. The highest BCUT2D eigenvalue weighted by atomic mass is 16.5. The summed E-state index contributed by atoms with van der Waals surface area (Å²) < 4.78 is 5.62. The van der Waals surface area contributed by atoms with Crippen LogP contribution in [0.4, 0.5) is 0 Å². The predicted molar refractivity (Wildman–Crippen MR) is 77.8 cm³/mol. The van der Waals surface area contributed by atoms with Crippen molar-refractivity contribution in [2.24, 2.45) is 0 Å². The molecule has 1 aromatic rings. The highest BCUT2D eigenvalue weighted by Gasteiger charge is 2.35. The molecular formula is C16H21NO4. The molecule has 2 unspecified atom stereocenters. The Bertz CT molecular complexity index is 488. The number of hydrogen-bond acceptors (Lipinski definition) is 3.